The van der Waals surface area contributed by atoms with Crippen LogP contribution in [0.2, 0.25) is 0 Å². The number of carboxylic acid groups (broad SMARTS) is 1. The van der Waals surface area contributed by atoms with Crippen LogP contribution < -0.4 is 0 Å². The number of rotatable bonds is 9. The average molecular weight is 352 g/mol. The Labute approximate surface area is 117 Å². The van der Waals surface area contributed by atoms with Gasteiger partial charge in [-0.3, -0.25) is 0 Å². The Morgan fingerprint density at radius 1 is 0.773 bits per heavy atom. The van der Waals surface area contributed by atoms with E-state index in [2.05, 4.69) is 0 Å². The fourth-order valence-corrected chi connectivity index (χ4v) is 1.58. The first-order valence-corrected chi connectivity index (χ1v) is 5.51. The summed E-state index contributed by atoms with van der Waals surface area (Å²) in [6.45, 7) is 0. The number of hydrogen-bond acceptors (Lipinski definition) is 1. The molecule has 132 valence electrons. The van der Waals surface area contributed by atoms with Crippen LogP contribution in [0.25, 0.3) is 0 Å². The van der Waals surface area contributed by atoms with Gasteiger partial charge in [-0.15, -0.1) is 0 Å². The van der Waals surface area contributed by atoms with Gasteiger partial charge in [-0.25, -0.2) is 39.9 Å². The summed E-state index contributed by atoms with van der Waals surface area (Å²) < 4.78 is 126. The summed E-state index contributed by atoms with van der Waals surface area (Å²) in [5.74, 6) is -22.7. The van der Waals surface area contributed by atoms with E-state index in [1.165, 1.54) is 0 Å². The molecule has 0 unspecified atom stereocenters. The number of hydrogen-bond donors (Lipinski definition) is 1. The summed E-state index contributed by atoms with van der Waals surface area (Å²) in [4.78, 5) is 9.94. The van der Waals surface area contributed by atoms with E-state index in [0.29, 0.717) is 0 Å². The molecule has 0 aliphatic rings. The third-order valence-corrected chi connectivity index (χ3v) is 2.28. The molecule has 2 nitrogen and oxygen atoms in total. The smallest absolute Gasteiger partial charge is 0.374 e. The summed E-state index contributed by atoms with van der Waals surface area (Å²) in [6, 6.07) is 0. The van der Waals surface area contributed by atoms with Crippen molar-refractivity contribution in [1.82, 2.24) is 0 Å². The molecule has 0 fully saturated rings. The molecule has 0 bridgehead atoms. The first-order chi connectivity index (χ1) is 9.48. The molecule has 0 rings (SSSR count). The number of halogens is 10. The fraction of sp³-hybridized carbons (Fsp3) is 0.900. The average Bonchev–Trinajstić information content (AvgIpc) is 2.06. The molecule has 0 amide bonds. The highest BCUT2D eigenvalue weighted by molar-refractivity contribution is 5.75. The third-order valence-electron chi connectivity index (χ3n) is 2.28. The molecule has 0 aliphatic heterocycles. The van der Waals surface area contributed by atoms with Gasteiger partial charge in [0.15, 0.2) is 0 Å². The van der Waals surface area contributed by atoms with Gasteiger partial charge in [-0.2, -0.15) is 8.78 Å². The SMILES string of the molecule is O=C(O)C(F)(F)CC(F)(F)CC(F)(F)CC(F)(F)CC(F)F. The van der Waals surface area contributed by atoms with Crippen LogP contribution in [0.15, 0.2) is 0 Å². The molecule has 0 radical (unpaired) electrons. The highest BCUT2D eigenvalue weighted by Gasteiger charge is 2.55. The zero-order valence-electron chi connectivity index (χ0n) is 10.5. The van der Waals surface area contributed by atoms with E-state index < -0.39 is 61.8 Å². The summed E-state index contributed by atoms with van der Waals surface area (Å²) in [5, 5.41) is 7.91. The molecule has 0 saturated heterocycles. The second-order valence-corrected chi connectivity index (χ2v) is 4.70. The van der Waals surface area contributed by atoms with Crippen LogP contribution in [0, 0.1) is 0 Å². The first-order valence-electron chi connectivity index (χ1n) is 5.51. The van der Waals surface area contributed by atoms with E-state index in [-0.39, 0.29) is 0 Å². The second-order valence-electron chi connectivity index (χ2n) is 4.70. The molecule has 0 aromatic rings. The van der Waals surface area contributed by atoms with Gasteiger partial charge in [-0.05, 0) is 0 Å². The van der Waals surface area contributed by atoms with E-state index in [1.54, 1.807) is 0 Å². The van der Waals surface area contributed by atoms with Gasteiger partial charge in [0.25, 0.3) is 17.8 Å². The van der Waals surface area contributed by atoms with Crippen molar-refractivity contribution in [3.63, 3.8) is 0 Å². The summed E-state index contributed by atoms with van der Waals surface area (Å²) >= 11 is 0. The lowest BCUT2D eigenvalue weighted by molar-refractivity contribution is -0.197. The minimum Gasteiger partial charge on any atom is -0.477 e. The lowest BCUT2D eigenvalue weighted by atomic mass is 9.97. The molecule has 0 aromatic heterocycles. The Balaban J connectivity index is 4.92. The molecule has 22 heavy (non-hydrogen) atoms. The van der Waals surface area contributed by atoms with Gasteiger partial charge < -0.3 is 5.11 Å². The standard InChI is InChI=1S/C10H10F10O2/c11-5(12)1-7(13,14)2-8(15,16)3-9(17,18)4-10(19,20)6(21)22/h5H,1-4H2,(H,21,22). The molecule has 0 saturated carbocycles. The minimum atomic E-state index is -5.05. The maximum Gasteiger partial charge on any atom is 0.374 e. The van der Waals surface area contributed by atoms with Crippen LogP contribution in [-0.4, -0.2) is 41.2 Å². The number of carbonyl (C=O) groups is 1. The molecule has 0 aliphatic carbocycles. The van der Waals surface area contributed by atoms with Crippen molar-refractivity contribution >= 4 is 5.97 Å². The van der Waals surface area contributed by atoms with Gasteiger partial charge in [-0.1, -0.05) is 0 Å². The Bertz CT molecular complexity index is 393. The van der Waals surface area contributed by atoms with Crippen molar-refractivity contribution in [2.24, 2.45) is 0 Å². The number of carboxylic acids is 1. The molecule has 1 N–H and O–H groups in total. The molecular formula is C10H10F10O2. The Morgan fingerprint density at radius 2 is 1.14 bits per heavy atom. The van der Waals surface area contributed by atoms with Gasteiger partial charge in [0.1, 0.15) is 0 Å². The molecular weight excluding hydrogens is 342 g/mol. The van der Waals surface area contributed by atoms with Crippen LogP contribution in [-0.2, 0) is 4.79 Å². The molecule has 0 heterocycles. The van der Waals surface area contributed by atoms with Crippen LogP contribution >= 0.6 is 0 Å². The predicted molar refractivity (Wildman–Crippen MR) is 51.9 cm³/mol. The topological polar surface area (TPSA) is 37.3 Å². The predicted octanol–water partition coefficient (Wildman–Crippen LogP) is 4.44. The maximum absolute atomic E-state index is 13.0. The van der Waals surface area contributed by atoms with Crippen molar-refractivity contribution in [3.05, 3.63) is 0 Å². The Hall–Kier alpha value is -1.23. The molecule has 0 aromatic carbocycles. The van der Waals surface area contributed by atoms with Crippen LogP contribution in [0.1, 0.15) is 25.7 Å². The van der Waals surface area contributed by atoms with E-state index in [1.807, 2.05) is 0 Å². The monoisotopic (exact) mass is 352 g/mol. The van der Waals surface area contributed by atoms with Crippen LogP contribution in [0.3, 0.4) is 0 Å². The van der Waals surface area contributed by atoms with Gasteiger partial charge in [0.2, 0.25) is 6.43 Å². The van der Waals surface area contributed by atoms with Crippen molar-refractivity contribution in [3.8, 4) is 0 Å². The number of alkyl halides is 10. The fourth-order valence-electron chi connectivity index (χ4n) is 1.58. The molecule has 12 heteroatoms. The largest absolute Gasteiger partial charge is 0.477 e. The lowest BCUT2D eigenvalue weighted by Gasteiger charge is -2.27. The zero-order valence-corrected chi connectivity index (χ0v) is 10.5. The second kappa shape index (κ2) is 6.49. The molecule has 0 spiro atoms. The van der Waals surface area contributed by atoms with E-state index in [4.69, 9.17) is 5.11 Å². The van der Waals surface area contributed by atoms with Crippen LogP contribution in [0.4, 0.5) is 43.9 Å². The Kier molecular flexibility index (Phi) is 6.12. The van der Waals surface area contributed by atoms with Gasteiger partial charge in [0.05, 0.1) is 25.7 Å². The summed E-state index contributed by atoms with van der Waals surface area (Å²) in [5.41, 5.74) is 0. The van der Waals surface area contributed by atoms with Crippen molar-refractivity contribution in [2.45, 2.75) is 55.8 Å². The first kappa shape index (κ1) is 20.8. The normalized spacial score (nSPS) is 14.5. The quantitative estimate of drug-likeness (QED) is 0.623. The summed E-state index contributed by atoms with van der Waals surface area (Å²) in [7, 11) is 0. The number of aliphatic carboxylic acids is 1. The minimum absolute atomic E-state index is 2.31. The maximum atomic E-state index is 13.0. The van der Waals surface area contributed by atoms with Gasteiger partial charge in [0, 0.05) is 0 Å². The highest BCUT2D eigenvalue weighted by Crippen LogP contribution is 2.43. The highest BCUT2D eigenvalue weighted by atomic mass is 19.3. The van der Waals surface area contributed by atoms with E-state index >= 15 is 0 Å². The van der Waals surface area contributed by atoms with Crippen molar-refractivity contribution in [1.29, 1.82) is 0 Å². The summed E-state index contributed by atoms with van der Waals surface area (Å²) in [6.07, 6.45) is -14.3. The van der Waals surface area contributed by atoms with Crippen molar-refractivity contribution in [2.75, 3.05) is 0 Å². The van der Waals surface area contributed by atoms with Gasteiger partial charge >= 0.3 is 11.9 Å². The zero-order chi connectivity index (χ0) is 18.0. The molecule has 0 atom stereocenters. The third kappa shape index (κ3) is 7.69. The lowest BCUT2D eigenvalue weighted by Crippen LogP contribution is -2.41. The van der Waals surface area contributed by atoms with E-state index in [9.17, 15) is 48.7 Å². The van der Waals surface area contributed by atoms with E-state index in [0.717, 1.165) is 0 Å². The Morgan fingerprint density at radius 3 is 1.50 bits per heavy atom. The van der Waals surface area contributed by atoms with Crippen LogP contribution in [0.5, 0.6) is 0 Å². The van der Waals surface area contributed by atoms with Crippen molar-refractivity contribution < 1.29 is 53.8 Å².